The number of amides is 1. The van der Waals surface area contributed by atoms with Crippen molar-refractivity contribution >= 4 is 35.0 Å². The fourth-order valence-corrected chi connectivity index (χ4v) is 2.74. The Morgan fingerprint density at radius 2 is 2.27 bits per heavy atom. The number of ether oxygens (including phenoxy) is 2. The number of nitrogens with zero attached hydrogens (tertiary/aromatic N) is 2. The largest absolute Gasteiger partial charge is 0.481 e. The molecular formula is C18H17N3O4S. The average Bonchev–Trinajstić information content (AvgIpc) is 2.99. The summed E-state index contributed by atoms with van der Waals surface area (Å²) in [4.78, 5) is 23.1. The molecule has 7 nitrogen and oxygen atoms in total. The molecule has 26 heavy (non-hydrogen) atoms. The Kier molecular flexibility index (Phi) is 7.00. The number of carbonyl (C=O) groups is 2. The highest BCUT2D eigenvalue weighted by Gasteiger charge is 2.24. The van der Waals surface area contributed by atoms with Gasteiger partial charge in [-0.1, -0.05) is 12.8 Å². The number of nitrogens with one attached hydrogen (secondary N) is 1. The second-order valence-electron chi connectivity index (χ2n) is 4.95. The summed E-state index contributed by atoms with van der Waals surface area (Å²) in [5.41, 5.74) is 1.84. The number of benzene rings is 1. The molecule has 0 aromatic heterocycles. The van der Waals surface area contributed by atoms with Crippen molar-refractivity contribution in [3.05, 3.63) is 40.3 Å². The van der Waals surface area contributed by atoms with Crippen molar-refractivity contribution in [2.24, 2.45) is 10.2 Å². The third-order valence-electron chi connectivity index (χ3n) is 3.23. The maximum Gasteiger partial charge on any atom is 0.331 e. The van der Waals surface area contributed by atoms with Crippen LogP contribution in [0.25, 0.3) is 0 Å². The van der Waals surface area contributed by atoms with Crippen LogP contribution in [0.2, 0.25) is 0 Å². The van der Waals surface area contributed by atoms with Crippen molar-refractivity contribution < 1.29 is 19.1 Å². The van der Waals surface area contributed by atoms with Gasteiger partial charge in [-0.15, -0.1) is 11.5 Å². The zero-order valence-corrected chi connectivity index (χ0v) is 15.1. The van der Waals surface area contributed by atoms with Crippen LogP contribution in [-0.2, 0) is 20.7 Å². The average molecular weight is 371 g/mol. The lowest BCUT2D eigenvalue weighted by atomic mass is 10.1. The van der Waals surface area contributed by atoms with E-state index in [0.29, 0.717) is 0 Å². The lowest BCUT2D eigenvalue weighted by molar-refractivity contribution is -0.135. The van der Waals surface area contributed by atoms with Crippen LogP contribution < -0.4 is 10.1 Å². The number of amidine groups is 1. The Hall–Kier alpha value is -3.05. The molecule has 2 rings (SSSR count). The van der Waals surface area contributed by atoms with E-state index in [1.165, 1.54) is 7.11 Å². The molecule has 0 saturated carbocycles. The molecule has 0 unspecified atom stereocenters. The van der Waals surface area contributed by atoms with Gasteiger partial charge < -0.3 is 9.47 Å². The van der Waals surface area contributed by atoms with Crippen LogP contribution in [0.5, 0.6) is 5.75 Å². The van der Waals surface area contributed by atoms with Crippen LogP contribution in [0, 0.1) is 12.3 Å². The van der Waals surface area contributed by atoms with Gasteiger partial charge in [0.05, 0.1) is 18.2 Å². The van der Waals surface area contributed by atoms with Crippen molar-refractivity contribution in [2.75, 3.05) is 13.7 Å². The predicted molar refractivity (Wildman–Crippen MR) is 101 cm³/mol. The standard InChI is InChI=1S/C18H17N3O4S/c1-4-8-25-14-7-6-12(9-13(14)5-2)11-19-21-18-20-17(23)15(26-18)10-16(22)24-3/h1,6-7,9-11H,5,8H2,2-3H3,(H,20,21,23)/b15-10+,19-11?. The minimum Gasteiger partial charge on any atom is -0.481 e. The van der Waals surface area contributed by atoms with Crippen molar-refractivity contribution in [3.8, 4) is 18.1 Å². The third-order valence-corrected chi connectivity index (χ3v) is 4.13. The second kappa shape index (κ2) is 9.44. The van der Waals surface area contributed by atoms with Gasteiger partial charge in [0, 0.05) is 6.08 Å². The molecule has 0 aliphatic carbocycles. The smallest absolute Gasteiger partial charge is 0.331 e. The molecule has 134 valence electrons. The summed E-state index contributed by atoms with van der Waals surface area (Å²) >= 11 is 1.01. The quantitative estimate of drug-likeness (QED) is 0.271. The summed E-state index contributed by atoms with van der Waals surface area (Å²) in [6.45, 7) is 2.23. The van der Waals surface area contributed by atoms with Crippen LogP contribution >= 0.6 is 11.8 Å². The van der Waals surface area contributed by atoms with Crippen LogP contribution in [-0.4, -0.2) is 37.0 Å². The minimum atomic E-state index is -0.605. The first kappa shape index (κ1) is 19.3. The molecule has 1 aromatic rings. The maximum absolute atomic E-state index is 11.7. The Balaban J connectivity index is 2.07. The second-order valence-corrected chi connectivity index (χ2v) is 5.98. The molecule has 1 fully saturated rings. The number of methoxy groups -OCH3 is 1. The summed E-state index contributed by atoms with van der Waals surface area (Å²) < 4.78 is 9.97. The van der Waals surface area contributed by atoms with Crippen molar-refractivity contribution in [1.82, 2.24) is 5.32 Å². The van der Waals surface area contributed by atoms with Gasteiger partial charge in [-0.25, -0.2) is 4.79 Å². The highest BCUT2D eigenvalue weighted by molar-refractivity contribution is 8.18. The number of esters is 1. The molecular weight excluding hydrogens is 354 g/mol. The number of hydrogen-bond acceptors (Lipinski definition) is 7. The fraction of sp³-hybridized carbons (Fsp3) is 0.222. The summed E-state index contributed by atoms with van der Waals surface area (Å²) in [5.74, 6) is 2.15. The Labute approximate surface area is 155 Å². The van der Waals surface area contributed by atoms with Crippen LogP contribution in [0.3, 0.4) is 0 Å². The van der Waals surface area contributed by atoms with E-state index >= 15 is 0 Å². The highest BCUT2D eigenvalue weighted by Crippen LogP contribution is 2.23. The lowest BCUT2D eigenvalue weighted by Gasteiger charge is -2.08. The number of carbonyl (C=O) groups excluding carboxylic acids is 2. The molecule has 1 aliphatic rings. The Morgan fingerprint density at radius 1 is 1.46 bits per heavy atom. The SMILES string of the molecule is C#CCOc1ccc(C=N/N=C2/NC(=O)/C(=C\C(=O)OC)S2)cc1CC. The lowest BCUT2D eigenvalue weighted by Crippen LogP contribution is -2.19. The molecule has 1 N–H and O–H groups in total. The van der Waals surface area contributed by atoms with Gasteiger partial charge in [0.1, 0.15) is 12.4 Å². The third kappa shape index (κ3) is 5.22. The molecule has 1 amide bonds. The Morgan fingerprint density at radius 3 is 2.96 bits per heavy atom. The number of thioether (sulfide) groups is 1. The van der Waals surface area contributed by atoms with Gasteiger partial charge in [-0.05, 0) is 47.5 Å². The van der Waals surface area contributed by atoms with Gasteiger partial charge >= 0.3 is 5.97 Å². The fourth-order valence-electron chi connectivity index (χ4n) is 2.01. The van der Waals surface area contributed by atoms with Crippen molar-refractivity contribution in [1.29, 1.82) is 0 Å². The van der Waals surface area contributed by atoms with E-state index in [9.17, 15) is 9.59 Å². The molecule has 1 heterocycles. The summed E-state index contributed by atoms with van der Waals surface area (Å²) in [5, 5.41) is 10.7. The number of terminal acetylenes is 1. The van der Waals surface area contributed by atoms with Gasteiger partial charge in [-0.2, -0.15) is 5.10 Å². The maximum atomic E-state index is 11.7. The topological polar surface area (TPSA) is 89.4 Å². The monoisotopic (exact) mass is 371 g/mol. The first-order valence-electron chi connectivity index (χ1n) is 7.66. The zero-order chi connectivity index (χ0) is 18.9. The first-order valence-corrected chi connectivity index (χ1v) is 8.48. The van der Waals surface area contributed by atoms with Gasteiger partial charge in [-0.3, -0.25) is 10.1 Å². The van der Waals surface area contributed by atoms with E-state index in [4.69, 9.17) is 11.2 Å². The summed E-state index contributed by atoms with van der Waals surface area (Å²) in [6.07, 6.45) is 8.65. The molecule has 0 bridgehead atoms. The van der Waals surface area contributed by atoms with E-state index in [1.807, 2.05) is 25.1 Å². The molecule has 0 atom stereocenters. The number of rotatable bonds is 6. The van der Waals surface area contributed by atoms with Crippen LogP contribution in [0.15, 0.2) is 39.4 Å². The van der Waals surface area contributed by atoms with E-state index in [-0.39, 0.29) is 16.7 Å². The normalized spacial score (nSPS) is 16.7. The van der Waals surface area contributed by atoms with Crippen molar-refractivity contribution in [2.45, 2.75) is 13.3 Å². The zero-order valence-electron chi connectivity index (χ0n) is 14.3. The summed E-state index contributed by atoms with van der Waals surface area (Å²) in [7, 11) is 1.24. The van der Waals surface area contributed by atoms with E-state index in [0.717, 1.165) is 41.1 Å². The number of hydrogen-bond donors (Lipinski definition) is 1. The van der Waals surface area contributed by atoms with E-state index in [2.05, 4.69) is 26.2 Å². The highest BCUT2D eigenvalue weighted by atomic mass is 32.2. The molecule has 0 radical (unpaired) electrons. The molecule has 1 aliphatic heterocycles. The van der Waals surface area contributed by atoms with Gasteiger partial charge in [0.25, 0.3) is 5.91 Å². The minimum absolute atomic E-state index is 0.203. The number of aryl methyl sites for hydroxylation is 1. The predicted octanol–water partition coefficient (Wildman–Crippen LogP) is 1.87. The van der Waals surface area contributed by atoms with Gasteiger partial charge in [0.15, 0.2) is 5.17 Å². The van der Waals surface area contributed by atoms with Crippen LogP contribution in [0.4, 0.5) is 0 Å². The molecule has 8 heteroatoms. The van der Waals surface area contributed by atoms with E-state index < -0.39 is 11.9 Å². The first-order chi connectivity index (χ1) is 12.6. The summed E-state index contributed by atoms with van der Waals surface area (Å²) in [6, 6.07) is 5.59. The van der Waals surface area contributed by atoms with Gasteiger partial charge in [0.2, 0.25) is 0 Å². The molecule has 1 aromatic carbocycles. The van der Waals surface area contributed by atoms with Crippen molar-refractivity contribution in [3.63, 3.8) is 0 Å². The molecule has 1 saturated heterocycles. The molecule has 0 spiro atoms. The van der Waals surface area contributed by atoms with E-state index in [1.54, 1.807) is 6.21 Å². The Bertz CT molecular complexity index is 837. The van der Waals surface area contributed by atoms with Crippen LogP contribution in [0.1, 0.15) is 18.1 Å².